The van der Waals surface area contributed by atoms with E-state index in [2.05, 4.69) is 14.9 Å². The maximum atomic E-state index is 13.4. The number of hydrogen-bond acceptors (Lipinski definition) is 6. The van der Waals surface area contributed by atoms with E-state index < -0.39 is 12.1 Å². The normalized spacial score (nSPS) is 15.0. The van der Waals surface area contributed by atoms with Gasteiger partial charge in [-0.3, -0.25) is 0 Å². The van der Waals surface area contributed by atoms with E-state index in [0.29, 0.717) is 32.9 Å². The zero-order chi connectivity index (χ0) is 28.7. The van der Waals surface area contributed by atoms with Crippen LogP contribution in [0.2, 0.25) is 10.0 Å². The maximum absolute atomic E-state index is 13.4. The van der Waals surface area contributed by atoms with Crippen molar-refractivity contribution in [3.63, 3.8) is 0 Å². The summed E-state index contributed by atoms with van der Waals surface area (Å²) >= 11 is 12.3. The number of aryl methyl sites for hydroxylation is 3. The second-order valence-electron chi connectivity index (χ2n) is 10.4. The number of phenolic OH excluding ortho intramolecular Hbond substituents is 1. The first kappa shape index (κ1) is 30.5. The summed E-state index contributed by atoms with van der Waals surface area (Å²) in [7, 11) is 0. The third-order valence-electron chi connectivity index (χ3n) is 7.68. The number of rotatable bonds is 6. The molecule has 0 bridgehead atoms. The average Bonchev–Trinajstić information content (AvgIpc) is 3.24. The molecule has 9 nitrogen and oxygen atoms in total. The van der Waals surface area contributed by atoms with Crippen molar-refractivity contribution < 1.29 is 15.7 Å². The van der Waals surface area contributed by atoms with Gasteiger partial charge in [-0.1, -0.05) is 29.3 Å². The molecule has 1 saturated heterocycles. The zero-order valence-corrected chi connectivity index (χ0v) is 25.0. The van der Waals surface area contributed by atoms with Gasteiger partial charge in [0.1, 0.15) is 17.7 Å². The Morgan fingerprint density at radius 2 is 1.37 bits per heavy atom. The highest BCUT2D eigenvalue weighted by atomic mass is 35.5. The molecule has 0 radical (unpaired) electrons. The molecule has 218 valence electrons. The van der Waals surface area contributed by atoms with Gasteiger partial charge in [0.05, 0.1) is 11.7 Å². The fourth-order valence-corrected chi connectivity index (χ4v) is 5.85. The fourth-order valence-electron chi connectivity index (χ4n) is 5.33. The molecule has 4 aromatic rings. The van der Waals surface area contributed by atoms with Crippen LogP contribution in [0.4, 0.5) is 11.4 Å². The van der Waals surface area contributed by atoms with Crippen LogP contribution in [0, 0.1) is 20.8 Å². The van der Waals surface area contributed by atoms with E-state index in [-0.39, 0.29) is 11.2 Å². The lowest BCUT2D eigenvalue weighted by Crippen LogP contribution is -2.46. The van der Waals surface area contributed by atoms with Crippen LogP contribution in [0.5, 0.6) is 5.75 Å². The first-order valence-electron chi connectivity index (χ1n) is 13.3. The van der Waals surface area contributed by atoms with Crippen LogP contribution < -0.4 is 15.5 Å². The number of nitrogens with zero attached hydrogens (tertiary/aromatic N) is 5. The minimum atomic E-state index is -1.04. The number of aromatic nitrogens is 3. The molecule has 1 fully saturated rings. The summed E-state index contributed by atoms with van der Waals surface area (Å²) in [4.78, 5) is 18.1. The molecule has 3 aromatic carbocycles. The van der Waals surface area contributed by atoms with Crippen LogP contribution in [-0.4, -0.2) is 56.2 Å². The lowest BCUT2D eigenvalue weighted by molar-refractivity contribution is 0.113. The topological polar surface area (TPSA) is 118 Å². The first-order chi connectivity index (χ1) is 19.0. The molecule has 0 unspecified atom stereocenters. The van der Waals surface area contributed by atoms with Crippen molar-refractivity contribution in [1.82, 2.24) is 14.3 Å². The highest BCUT2D eigenvalue weighted by molar-refractivity contribution is 6.35. The van der Waals surface area contributed by atoms with E-state index in [1.807, 2.05) is 50.2 Å². The molecule has 1 aliphatic heterocycles. The molecule has 5 rings (SSSR count). The summed E-state index contributed by atoms with van der Waals surface area (Å²) < 4.78 is 2.84. The van der Waals surface area contributed by atoms with Gasteiger partial charge in [-0.15, -0.1) is 0 Å². The number of benzene rings is 3. The van der Waals surface area contributed by atoms with E-state index in [1.165, 1.54) is 4.68 Å². The van der Waals surface area contributed by atoms with Crippen molar-refractivity contribution in [3.05, 3.63) is 97.6 Å². The highest BCUT2D eigenvalue weighted by Crippen LogP contribution is 2.32. The monoisotopic (exact) mass is 599 g/mol. The minimum Gasteiger partial charge on any atom is -0.507 e. The van der Waals surface area contributed by atoms with E-state index in [0.717, 1.165) is 48.7 Å². The van der Waals surface area contributed by atoms with E-state index >= 15 is 0 Å². The third kappa shape index (κ3) is 5.94. The van der Waals surface area contributed by atoms with Crippen molar-refractivity contribution >= 4 is 34.6 Å². The summed E-state index contributed by atoms with van der Waals surface area (Å²) in [6.07, 6.45) is -1.04. The van der Waals surface area contributed by atoms with Crippen LogP contribution in [0.3, 0.4) is 0 Å². The van der Waals surface area contributed by atoms with Crippen LogP contribution in [0.15, 0.2) is 59.4 Å². The maximum Gasteiger partial charge on any atom is 0.350 e. The smallest absolute Gasteiger partial charge is 0.350 e. The van der Waals surface area contributed by atoms with Crippen molar-refractivity contribution in [3.8, 4) is 11.4 Å². The quantitative estimate of drug-likeness (QED) is 0.329. The molecule has 0 amide bonds. The molecule has 11 heteroatoms. The van der Waals surface area contributed by atoms with Crippen LogP contribution in [0.25, 0.3) is 5.69 Å². The van der Waals surface area contributed by atoms with Crippen molar-refractivity contribution in [2.24, 2.45) is 0 Å². The number of piperazine rings is 1. The van der Waals surface area contributed by atoms with Gasteiger partial charge in [-0.05, 0) is 87.4 Å². The summed E-state index contributed by atoms with van der Waals surface area (Å²) in [5.41, 5.74) is 4.84. The van der Waals surface area contributed by atoms with Crippen molar-refractivity contribution in [2.45, 2.75) is 39.8 Å². The number of halogens is 2. The van der Waals surface area contributed by atoms with Gasteiger partial charge in [-0.25, -0.2) is 14.0 Å². The molecule has 1 aromatic heterocycles. The van der Waals surface area contributed by atoms with Gasteiger partial charge >= 0.3 is 5.69 Å². The van der Waals surface area contributed by atoms with Gasteiger partial charge in [0, 0.05) is 53.2 Å². The Labute approximate surface area is 249 Å². The molecule has 4 N–H and O–H groups in total. The molecular formula is C30H35Cl2N5O4. The summed E-state index contributed by atoms with van der Waals surface area (Å²) in [6, 6.07) is 16.2. The van der Waals surface area contributed by atoms with Gasteiger partial charge < -0.3 is 25.5 Å². The first-order valence-corrected chi connectivity index (χ1v) is 14.0. The molecular weight excluding hydrogens is 565 g/mol. The lowest BCUT2D eigenvalue weighted by Gasteiger charge is -2.37. The van der Waals surface area contributed by atoms with Crippen LogP contribution >= 0.6 is 23.2 Å². The van der Waals surface area contributed by atoms with Crippen molar-refractivity contribution in [1.29, 1.82) is 0 Å². The standard InChI is InChI=1S/C30H33Cl2N5O3.H2O/c1-18-15-25(16-19(2)28(18)38)35-13-11-34(12-14-35)23-6-8-24(9-7-23)36-21(4)33-37(30(36)40)20(3)29(39)26-10-5-22(31)17-27(26)32;/h5-10,15-17,20,29,38-39H,11-14H2,1-4H3;1H2/t20-,29+;/m1./s1. The Morgan fingerprint density at radius 3 is 1.93 bits per heavy atom. The van der Waals surface area contributed by atoms with E-state index in [1.54, 1.807) is 36.6 Å². The Hall–Kier alpha value is -3.50. The summed E-state index contributed by atoms with van der Waals surface area (Å²) in [6.45, 7) is 10.8. The molecule has 0 saturated carbocycles. The summed E-state index contributed by atoms with van der Waals surface area (Å²) in [5, 5.41) is 26.3. The highest BCUT2D eigenvalue weighted by Gasteiger charge is 2.26. The second-order valence-corrected chi connectivity index (χ2v) is 11.2. The average molecular weight is 601 g/mol. The fraction of sp³-hybridized carbons (Fsp3) is 0.333. The predicted molar refractivity (Wildman–Crippen MR) is 164 cm³/mol. The number of phenols is 1. The predicted octanol–water partition coefficient (Wildman–Crippen LogP) is 4.77. The zero-order valence-electron chi connectivity index (χ0n) is 23.5. The SMILES string of the molecule is Cc1cc(N2CCN(c3ccc(-n4c(C)nn([C@H](C)[C@H](O)c5ccc(Cl)cc5Cl)c4=O)cc3)CC2)cc(C)c1O.O. The van der Waals surface area contributed by atoms with Crippen LogP contribution in [0.1, 0.15) is 41.6 Å². The molecule has 0 spiro atoms. The second kappa shape index (κ2) is 12.2. The van der Waals surface area contributed by atoms with E-state index in [4.69, 9.17) is 23.2 Å². The Morgan fingerprint density at radius 1 is 0.829 bits per heavy atom. The molecule has 1 aliphatic rings. The van der Waals surface area contributed by atoms with Gasteiger partial charge in [0.15, 0.2) is 0 Å². The number of aromatic hydroxyl groups is 1. The largest absolute Gasteiger partial charge is 0.507 e. The minimum absolute atomic E-state index is 0. The molecule has 41 heavy (non-hydrogen) atoms. The van der Waals surface area contributed by atoms with Crippen molar-refractivity contribution in [2.75, 3.05) is 36.0 Å². The number of aliphatic hydroxyl groups is 1. The third-order valence-corrected chi connectivity index (χ3v) is 8.24. The Balaban J connectivity index is 0.00000387. The Kier molecular flexibility index (Phi) is 9.03. The molecule has 0 aliphatic carbocycles. The number of aliphatic hydroxyl groups excluding tert-OH is 1. The number of hydrogen-bond donors (Lipinski definition) is 2. The van der Waals surface area contributed by atoms with Crippen LogP contribution in [-0.2, 0) is 0 Å². The number of anilines is 2. The van der Waals surface area contributed by atoms with Gasteiger partial charge in [-0.2, -0.15) is 5.10 Å². The van der Waals surface area contributed by atoms with Gasteiger partial charge in [0.25, 0.3) is 0 Å². The molecule has 2 atom stereocenters. The molecule has 2 heterocycles. The van der Waals surface area contributed by atoms with E-state index in [9.17, 15) is 15.0 Å². The summed E-state index contributed by atoms with van der Waals surface area (Å²) in [5.74, 6) is 0.881. The lowest BCUT2D eigenvalue weighted by atomic mass is 10.0. The van der Waals surface area contributed by atoms with Gasteiger partial charge in [0.2, 0.25) is 0 Å². The Bertz CT molecular complexity index is 1570.